The summed E-state index contributed by atoms with van der Waals surface area (Å²) in [5.41, 5.74) is 5.64. The number of rotatable bonds is 3. The second kappa shape index (κ2) is 8.24. The lowest BCUT2D eigenvalue weighted by Crippen LogP contribution is -2.48. The molecule has 0 spiro atoms. The van der Waals surface area contributed by atoms with Crippen LogP contribution in [0, 0.1) is 0 Å². The number of nitrogens with one attached hydrogen (secondary N) is 3. The largest absolute Gasteiger partial charge is 0.496 e. The van der Waals surface area contributed by atoms with Crippen LogP contribution in [0.1, 0.15) is 20.7 Å². The van der Waals surface area contributed by atoms with Gasteiger partial charge in [-0.2, -0.15) is 0 Å². The number of aromatic nitrogens is 1. The van der Waals surface area contributed by atoms with Gasteiger partial charge < -0.3 is 4.74 Å². The standard InChI is InChI=1S/C19H16N4O3S/c1-26-16-11-14-5-3-2-4-13(14)10-15(16)18(25)21-19(27)23-22-17(24)12-6-8-20-9-7-12/h2-11H,1H3,(H,22,24)(H2,21,23,25,27). The molecule has 2 amide bonds. The maximum atomic E-state index is 12.6. The van der Waals surface area contributed by atoms with Crippen molar-refractivity contribution >= 4 is 39.9 Å². The zero-order valence-corrected chi connectivity index (χ0v) is 15.2. The minimum absolute atomic E-state index is 0.0439. The maximum absolute atomic E-state index is 12.6. The van der Waals surface area contributed by atoms with Crippen molar-refractivity contribution in [1.82, 2.24) is 21.2 Å². The van der Waals surface area contributed by atoms with Crippen LogP contribution in [0.5, 0.6) is 5.75 Å². The minimum atomic E-state index is -0.451. The molecule has 3 rings (SSSR count). The van der Waals surface area contributed by atoms with Crippen LogP contribution in [0.4, 0.5) is 0 Å². The van der Waals surface area contributed by atoms with E-state index >= 15 is 0 Å². The molecule has 7 nitrogen and oxygen atoms in total. The first-order valence-corrected chi connectivity index (χ1v) is 8.38. The summed E-state index contributed by atoms with van der Waals surface area (Å²) in [6.07, 6.45) is 3.00. The highest BCUT2D eigenvalue weighted by Crippen LogP contribution is 2.25. The molecule has 0 aliphatic heterocycles. The fraction of sp³-hybridized carbons (Fsp3) is 0.0526. The fourth-order valence-electron chi connectivity index (χ4n) is 2.46. The van der Waals surface area contributed by atoms with Gasteiger partial charge in [-0.3, -0.25) is 30.7 Å². The highest BCUT2D eigenvalue weighted by Gasteiger charge is 2.15. The first-order chi connectivity index (χ1) is 13.1. The maximum Gasteiger partial charge on any atom is 0.269 e. The van der Waals surface area contributed by atoms with Crippen LogP contribution in [-0.4, -0.2) is 29.0 Å². The molecular weight excluding hydrogens is 364 g/mol. The topological polar surface area (TPSA) is 92.4 Å². The molecular formula is C19H16N4O3S. The van der Waals surface area contributed by atoms with E-state index in [9.17, 15) is 9.59 Å². The Balaban J connectivity index is 1.67. The smallest absolute Gasteiger partial charge is 0.269 e. The van der Waals surface area contributed by atoms with Gasteiger partial charge in [-0.25, -0.2) is 0 Å². The lowest BCUT2D eigenvalue weighted by Gasteiger charge is -2.13. The zero-order chi connectivity index (χ0) is 19.2. The van der Waals surface area contributed by atoms with Crippen LogP contribution in [0.2, 0.25) is 0 Å². The van der Waals surface area contributed by atoms with Crippen molar-refractivity contribution in [1.29, 1.82) is 0 Å². The summed E-state index contributed by atoms with van der Waals surface area (Å²) in [4.78, 5) is 28.4. The van der Waals surface area contributed by atoms with Crippen LogP contribution in [0.15, 0.2) is 60.9 Å². The normalized spacial score (nSPS) is 10.1. The third kappa shape index (κ3) is 4.36. The second-order valence-electron chi connectivity index (χ2n) is 5.50. The minimum Gasteiger partial charge on any atom is -0.496 e. The molecule has 136 valence electrons. The van der Waals surface area contributed by atoms with Gasteiger partial charge in [0.25, 0.3) is 11.8 Å². The molecule has 27 heavy (non-hydrogen) atoms. The van der Waals surface area contributed by atoms with E-state index in [2.05, 4.69) is 21.2 Å². The van der Waals surface area contributed by atoms with Gasteiger partial charge >= 0.3 is 0 Å². The van der Waals surface area contributed by atoms with E-state index in [1.165, 1.54) is 19.5 Å². The fourth-order valence-corrected chi connectivity index (χ4v) is 2.60. The van der Waals surface area contributed by atoms with Gasteiger partial charge in [-0.1, -0.05) is 24.3 Å². The summed E-state index contributed by atoms with van der Waals surface area (Å²) in [5.74, 6) is -0.430. The van der Waals surface area contributed by atoms with Gasteiger partial charge in [0.15, 0.2) is 5.11 Å². The Morgan fingerprint density at radius 1 is 0.963 bits per heavy atom. The van der Waals surface area contributed by atoms with Crippen LogP contribution in [0.25, 0.3) is 10.8 Å². The van der Waals surface area contributed by atoms with Gasteiger partial charge in [0.2, 0.25) is 0 Å². The Bertz CT molecular complexity index is 1010. The van der Waals surface area contributed by atoms with Crippen molar-refractivity contribution in [2.75, 3.05) is 7.11 Å². The van der Waals surface area contributed by atoms with Gasteiger partial charge in [0.05, 0.1) is 12.7 Å². The van der Waals surface area contributed by atoms with Crippen molar-refractivity contribution < 1.29 is 14.3 Å². The van der Waals surface area contributed by atoms with Crippen LogP contribution in [-0.2, 0) is 0 Å². The predicted octanol–water partition coefficient (Wildman–Crippen LogP) is 2.19. The molecule has 0 radical (unpaired) electrons. The van der Waals surface area contributed by atoms with Gasteiger partial charge in [0, 0.05) is 18.0 Å². The number of pyridine rings is 1. The summed E-state index contributed by atoms with van der Waals surface area (Å²) >= 11 is 5.06. The van der Waals surface area contributed by atoms with E-state index in [-0.39, 0.29) is 5.11 Å². The lowest BCUT2D eigenvalue weighted by molar-refractivity contribution is 0.0934. The molecule has 2 aromatic carbocycles. The summed E-state index contributed by atoms with van der Waals surface area (Å²) < 4.78 is 5.31. The van der Waals surface area contributed by atoms with Crippen molar-refractivity contribution in [2.24, 2.45) is 0 Å². The molecule has 1 heterocycles. The van der Waals surface area contributed by atoms with Crippen molar-refractivity contribution in [3.63, 3.8) is 0 Å². The predicted molar refractivity (Wildman–Crippen MR) is 105 cm³/mol. The highest BCUT2D eigenvalue weighted by molar-refractivity contribution is 7.80. The molecule has 0 aliphatic carbocycles. The molecule has 0 saturated carbocycles. The second-order valence-corrected chi connectivity index (χ2v) is 5.91. The first kappa shape index (κ1) is 18.3. The molecule has 0 bridgehead atoms. The average molecular weight is 380 g/mol. The third-order valence-corrected chi connectivity index (χ3v) is 3.98. The van der Waals surface area contributed by atoms with Crippen LogP contribution < -0.4 is 20.9 Å². The van der Waals surface area contributed by atoms with E-state index in [1.54, 1.807) is 24.3 Å². The number of carbonyl (C=O) groups is 2. The van der Waals surface area contributed by atoms with Gasteiger partial charge in [-0.15, -0.1) is 0 Å². The molecule has 0 aliphatic rings. The highest BCUT2D eigenvalue weighted by atomic mass is 32.1. The van der Waals surface area contributed by atoms with Gasteiger partial charge in [-0.05, 0) is 47.3 Å². The summed E-state index contributed by atoms with van der Waals surface area (Å²) in [6.45, 7) is 0. The Labute approximate surface area is 160 Å². The third-order valence-electron chi connectivity index (χ3n) is 3.77. The van der Waals surface area contributed by atoms with Crippen molar-refractivity contribution in [2.45, 2.75) is 0 Å². The van der Waals surface area contributed by atoms with E-state index in [1.807, 2.05) is 24.3 Å². The number of methoxy groups -OCH3 is 1. The lowest BCUT2D eigenvalue weighted by atomic mass is 10.1. The molecule has 3 aromatic rings. The number of ether oxygens (including phenoxy) is 1. The number of nitrogens with zero attached hydrogens (tertiary/aromatic N) is 1. The Hall–Kier alpha value is -3.52. The number of hydrogen-bond acceptors (Lipinski definition) is 5. The van der Waals surface area contributed by atoms with Crippen molar-refractivity contribution in [3.05, 3.63) is 72.1 Å². The molecule has 0 fully saturated rings. The number of amides is 2. The number of hydrazine groups is 1. The van der Waals surface area contributed by atoms with Crippen molar-refractivity contribution in [3.8, 4) is 5.75 Å². The van der Waals surface area contributed by atoms with E-state index in [4.69, 9.17) is 17.0 Å². The summed E-state index contributed by atoms with van der Waals surface area (Å²) in [6, 6.07) is 14.2. The summed E-state index contributed by atoms with van der Waals surface area (Å²) in [7, 11) is 1.49. The molecule has 8 heteroatoms. The monoisotopic (exact) mass is 380 g/mol. The summed E-state index contributed by atoms with van der Waals surface area (Å²) in [5, 5.41) is 4.32. The molecule has 1 aromatic heterocycles. The van der Waals surface area contributed by atoms with E-state index in [0.29, 0.717) is 16.9 Å². The first-order valence-electron chi connectivity index (χ1n) is 7.97. The van der Waals surface area contributed by atoms with Crippen LogP contribution >= 0.6 is 12.2 Å². The zero-order valence-electron chi connectivity index (χ0n) is 14.4. The number of thiocarbonyl (C=S) groups is 1. The van der Waals surface area contributed by atoms with E-state index < -0.39 is 11.8 Å². The number of fused-ring (bicyclic) bond motifs is 1. The molecule has 3 N–H and O–H groups in total. The van der Waals surface area contributed by atoms with Gasteiger partial charge in [0.1, 0.15) is 5.75 Å². The number of benzene rings is 2. The molecule has 0 saturated heterocycles. The van der Waals surface area contributed by atoms with Crippen LogP contribution in [0.3, 0.4) is 0 Å². The number of carbonyl (C=O) groups excluding carboxylic acids is 2. The quantitative estimate of drug-likeness (QED) is 0.477. The Morgan fingerprint density at radius 3 is 2.30 bits per heavy atom. The Morgan fingerprint density at radius 2 is 1.63 bits per heavy atom. The Kier molecular flexibility index (Phi) is 5.58. The average Bonchev–Trinajstić information content (AvgIpc) is 2.71. The molecule has 0 unspecified atom stereocenters. The SMILES string of the molecule is COc1cc2ccccc2cc1C(=O)NC(=S)NNC(=O)c1ccncc1. The molecule has 0 atom stereocenters. The number of hydrogen-bond donors (Lipinski definition) is 3. The van der Waals surface area contributed by atoms with E-state index in [0.717, 1.165) is 10.8 Å².